The number of piperidine rings is 3. The third-order valence-electron chi connectivity index (χ3n) is 6.09. The SMILES string of the molecule is O=C(NC1C2CC3CC1CN(C3)C2)C1(c2ccncc2)NC=CS1. The highest BCUT2D eigenvalue weighted by atomic mass is 32.2. The number of hydrogen-bond donors (Lipinski definition) is 2. The Morgan fingerprint density at radius 2 is 2.00 bits per heavy atom. The van der Waals surface area contributed by atoms with Crippen molar-refractivity contribution in [2.24, 2.45) is 17.8 Å². The van der Waals surface area contributed by atoms with Gasteiger partial charge in [-0.2, -0.15) is 0 Å². The van der Waals surface area contributed by atoms with Crippen LogP contribution in [0.25, 0.3) is 0 Å². The minimum Gasteiger partial charge on any atom is -0.365 e. The molecular weight excluding hydrogens is 320 g/mol. The van der Waals surface area contributed by atoms with Crippen LogP contribution in [-0.2, 0) is 9.67 Å². The summed E-state index contributed by atoms with van der Waals surface area (Å²) in [6.45, 7) is 3.58. The van der Waals surface area contributed by atoms with Crippen LogP contribution in [0.5, 0.6) is 0 Å². The molecule has 0 aromatic carbocycles. The van der Waals surface area contributed by atoms with Crippen molar-refractivity contribution in [1.82, 2.24) is 20.5 Å². The maximum atomic E-state index is 13.3. The van der Waals surface area contributed by atoms with E-state index < -0.39 is 4.87 Å². The molecule has 4 fully saturated rings. The predicted molar refractivity (Wildman–Crippen MR) is 93.9 cm³/mol. The highest BCUT2D eigenvalue weighted by Gasteiger charge is 2.50. The summed E-state index contributed by atoms with van der Waals surface area (Å²) in [6.07, 6.45) is 7.92. The number of aromatic nitrogens is 1. The monoisotopic (exact) mass is 342 g/mol. The van der Waals surface area contributed by atoms with E-state index in [-0.39, 0.29) is 5.91 Å². The Morgan fingerprint density at radius 1 is 1.25 bits per heavy atom. The van der Waals surface area contributed by atoms with Gasteiger partial charge in [0.2, 0.25) is 0 Å². The molecule has 1 amide bonds. The van der Waals surface area contributed by atoms with Gasteiger partial charge >= 0.3 is 0 Å². The molecule has 2 N–H and O–H groups in total. The van der Waals surface area contributed by atoms with E-state index in [4.69, 9.17) is 0 Å². The first-order valence-corrected chi connectivity index (χ1v) is 9.67. The number of pyridine rings is 1. The van der Waals surface area contributed by atoms with Gasteiger partial charge in [0.1, 0.15) is 0 Å². The van der Waals surface area contributed by atoms with Crippen LogP contribution >= 0.6 is 11.8 Å². The number of amides is 1. The van der Waals surface area contributed by atoms with Crippen molar-refractivity contribution in [3.05, 3.63) is 41.7 Å². The Bertz CT molecular complexity index is 641. The van der Waals surface area contributed by atoms with E-state index in [9.17, 15) is 4.79 Å². The van der Waals surface area contributed by atoms with Crippen LogP contribution in [0.3, 0.4) is 0 Å². The quantitative estimate of drug-likeness (QED) is 0.872. The fraction of sp³-hybridized carbons (Fsp3) is 0.556. The van der Waals surface area contributed by atoms with Crippen LogP contribution in [-0.4, -0.2) is 41.5 Å². The summed E-state index contributed by atoms with van der Waals surface area (Å²) in [6, 6.07) is 4.18. The van der Waals surface area contributed by atoms with Crippen LogP contribution in [0.4, 0.5) is 0 Å². The largest absolute Gasteiger partial charge is 0.365 e. The molecule has 3 saturated heterocycles. The topological polar surface area (TPSA) is 57.3 Å². The Morgan fingerprint density at radius 3 is 2.62 bits per heavy atom. The molecule has 3 unspecified atom stereocenters. The Balaban J connectivity index is 1.39. The zero-order chi connectivity index (χ0) is 16.1. The average Bonchev–Trinajstić information content (AvgIpc) is 3.09. The molecule has 1 saturated carbocycles. The number of carbonyl (C=O) groups excluding carboxylic acids is 1. The third-order valence-corrected chi connectivity index (χ3v) is 7.26. The van der Waals surface area contributed by atoms with Gasteiger partial charge in [-0.05, 0) is 48.1 Å². The Kier molecular flexibility index (Phi) is 3.38. The number of nitrogens with one attached hydrogen (secondary N) is 2. The number of rotatable bonds is 3. The second kappa shape index (κ2) is 5.49. The first kappa shape index (κ1) is 14.8. The summed E-state index contributed by atoms with van der Waals surface area (Å²) in [4.78, 5) is 19.2. The predicted octanol–water partition coefficient (Wildman–Crippen LogP) is 1.50. The van der Waals surface area contributed by atoms with E-state index in [0.717, 1.165) is 24.6 Å². The van der Waals surface area contributed by atoms with Gasteiger partial charge in [0.05, 0.1) is 0 Å². The number of nitrogens with zero attached hydrogens (tertiary/aromatic N) is 2. The minimum absolute atomic E-state index is 0.0798. The fourth-order valence-corrected chi connectivity index (χ4v) is 6.12. The van der Waals surface area contributed by atoms with E-state index in [2.05, 4.69) is 20.5 Å². The summed E-state index contributed by atoms with van der Waals surface area (Å²) in [5.74, 6) is 2.17. The Labute approximate surface area is 146 Å². The van der Waals surface area contributed by atoms with Gasteiger partial charge in [-0.1, -0.05) is 11.8 Å². The molecule has 0 spiro atoms. The van der Waals surface area contributed by atoms with Gasteiger partial charge in [-0.15, -0.1) is 0 Å². The van der Waals surface area contributed by atoms with Gasteiger partial charge in [0, 0.05) is 49.8 Å². The van der Waals surface area contributed by atoms with Gasteiger partial charge < -0.3 is 15.5 Å². The lowest BCUT2D eigenvalue weighted by atomic mass is 9.65. The summed E-state index contributed by atoms with van der Waals surface area (Å²) >= 11 is 1.54. The second-order valence-corrected chi connectivity index (χ2v) is 8.68. The molecule has 6 rings (SSSR count). The van der Waals surface area contributed by atoms with E-state index in [1.54, 1.807) is 12.4 Å². The van der Waals surface area contributed by atoms with Crippen LogP contribution in [0.15, 0.2) is 36.1 Å². The molecule has 5 nitrogen and oxygen atoms in total. The lowest BCUT2D eigenvalue weighted by Crippen LogP contribution is -2.66. The zero-order valence-electron chi connectivity index (χ0n) is 13.5. The molecule has 1 aromatic rings. The number of carbonyl (C=O) groups is 1. The molecule has 1 aromatic heterocycles. The van der Waals surface area contributed by atoms with Gasteiger partial charge in [-0.25, -0.2) is 0 Å². The van der Waals surface area contributed by atoms with Crippen molar-refractivity contribution >= 4 is 17.7 Å². The van der Waals surface area contributed by atoms with E-state index in [1.165, 1.54) is 31.1 Å². The standard InChI is InChI=1S/C18H22N4OS/c23-17(18(20-5-6-24-18)15-1-3-19-4-2-15)21-16-13-7-12-8-14(16)11-22(9-12)10-13/h1-6,12-14,16,20H,7-11H2,(H,21,23). The normalized spacial score (nSPS) is 42.1. The summed E-state index contributed by atoms with van der Waals surface area (Å²) < 4.78 is 0. The fourth-order valence-electron chi connectivity index (χ4n) is 5.21. The summed E-state index contributed by atoms with van der Waals surface area (Å²) in [5, 5.41) is 8.69. The molecule has 5 heterocycles. The molecule has 1 aliphatic carbocycles. The lowest BCUT2D eigenvalue weighted by molar-refractivity contribution is -0.129. The molecule has 4 aliphatic heterocycles. The van der Waals surface area contributed by atoms with Crippen molar-refractivity contribution in [3.63, 3.8) is 0 Å². The van der Waals surface area contributed by atoms with Crippen LogP contribution in [0, 0.1) is 17.8 Å². The summed E-state index contributed by atoms with van der Waals surface area (Å²) in [7, 11) is 0. The van der Waals surface area contributed by atoms with Crippen molar-refractivity contribution in [3.8, 4) is 0 Å². The molecule has 24 heavy (non-hydrogen) atoms. The van der Waals surface area contributed by atoms with Crippen molar-refractivity contribution in [2.45, 2.75) is 23.8 Å². The lowest BCUT2D eigenvalue weighted by Gasteiger charge is -2.56. The molecule has 6 heteroatoms. The van der Waals surface area contributed by atoms with Crippen molar-refractivity contribution in [1.29, 1.82) is 0 Å². The Hall–Kier alpha value is -1.53. The molecule has 126 valence electrons. The van der Waals surface area contributed by atoms with Gasteiger partial charge in [-0.3, -0.25) is 9.78 Å². The van der Waals surface area contributed by atoms with Crippen molar-refractivity contribution < 1.29 is 4.79 Å². The summed E-state index contributed by atoms with van der Waals surface area (Å²) in [5.41, 5.74) is 0.956. The third kappa shape index (κ3) is 2.19. The van der Waals surface area contributed by atoms with Crippen LogP contribution < -0.4 is 10.6 Å². The maximum Gasteiger partial charge on any atom is 0.261 e. The molecular formula is C18H22N4OS. The van der Waals surface area contributed by atoms with E-state index in [1.807, 2.05) is 23.7 Å². The molecule has 5 aliphatic rings. The molecule has 3 atom stereocenters. The van der Waals surface area contributed by atoms with Gasteiger partial charge in [0.15, 0.2) is 4.87 Å². The van der Waals surface area contributed by atoms with Crippen LogP contribution in [0.2, 0.25) is 0 Å². The average molecular weight is 342 g/mol. The van der Waals surface area contributed by atoms with E-state index in [0.29, 0.717) is 17.9 Å². The van der Waals surface area contributed by atoms with Gasteiger partial charge in [0.25, 0.3) is 5.91 Å². The molecule has 4 bridgehead atoms. The first-order chi connectivity index (χ1) is 11.7. The van der Waals surface area contributed by atoms with Crippen molar-refractivity contribution in [2.75, 3.05) is 19.6 Å². The maximum absolute atomic E-state index is 13.3. The van der Waals surface area contributed by atoms with Crippen LogP contribution in [0.1, 0.15) is 18.4 Å². The first-order valence-electron chi connectivity index (χ1n) is 8.79. The number of thioether (sulfide) groups is 1. The smallest absolute Gasteiger partial charge is 0.261 e. The molecule has 0 radical (unpaired) electrons. The second-order valence-electron chi connectivity index (χ2n) is 7.56. The minimum atomic E-state index is -0.752. The highest BCUT2D eigenvalue weighted by molar-refractivity contribution is 8.03. The van der Waals surface area contributed by atoms with E-state index >= 15 is 0 Å². The highest BCUT2D eigenvalue weighted by Crippen LogP contribution is 2.44. The number of hydrogen-bond acceptors (Lipinski definition) is 5. The zero-order valence-corrected chi connectivity index (χ0v) is 14.3.